The topological polar surface area (TPSA) is 93.7 Å². The molecule has 0 radical (unpaired) electrons. The molecule has 2 atom stereocenters. The van der Waals surface area contributed by atoms with Crippen molar-refractivity contribution in [2.24, 2.45) is 0 Å². The minimum atomic E-state index is -4.65. The van der Waals surface area contributed by atoms with Crippen LogP contribution in [0.25, 0.3) is 11.1 Å². The fourth-order valence-corrected chi connectivity index (χ4v) is 4.80. The van der Waals surface area contributed by atoms with E-state index in [1.165, 1.54) is 11.0 Å². The number of hydrogen-bond donors (Lipinski definition) is 1. The molecule has 2 aliphatic heterocycles. The van der Waals surface area contributed by atoms with Crippen LogP contribution in [0.15, 0.2) is 48.8 Å². The number of carbonyl (C=O) groups excluding carboxylic acids is 2. The summed E-state index contributed by atoms with van der Waals surface area (Å²) in [6, 6.07) is 9.17. The molecule has 0 aliphatic carbocycles. The van der Waals surface area contributed by atoms with E-state index in [2.05, 4.69) is 15.3 Å². The van der Waals surface area contributed by atoms with Gasteiger partial charge in [-0.2, -0.15) is 13.2 Å². The van der Waals surface area contributed by atoms with Gasteiger partial charge in [0.25, 0.3) is 5.91 Å². The molecule has 1 fully saturated rings. The molecule has 38 heavy (non-hydrogen) atoms. The number of halogens is 3. The number of amides is 2. The summed E-state index contributed by atoms with van der Waals surface area (Å²) in [4.78, 5) is 34.9. The number of rotatable bonds is 4. The third-order valence-corrected chi connectivity index (χ3v) is 6.76. The summed E-state index contributed by atoms with van der Waals surface area (Å²) in [6.45, 7) is 5.00. The van der Waals surface area contributed by atoms with Gasteiger partial charge < -0.3 is 14.8 Å². The van der Waals surface area contributed by atoms with Crippen LogP contribution in [0.3, 0.4) is 0 Å². The zero-order valence-electron chi connectivity index (χ0n) is 20.7. The zero-order chi connectivity index (χ0) is 27.0. The number of anilines is 2. The maximum absolute atomic E-state index is 13.0. The first-order valence-corrected chi connectivity index (χ1v) is 12.2. The minimum absolute atomic E-state index is 0.0792. The molecular weight excluding hydrogens is 501 g/mol. The zero-order valence-corrected chi connectivity index (χ0v) is 20.7. The number of carbonyl (C=O) groups is 2. The highest BCUT2D eigenvalue weighted by molar-refractivity contribution is 6.04. The summed E-state index contributed by atoms with van der Waals surface area (Å²) in [5.41, 5.74) is 2.47. The lowest BCUT2D eigenvalue weighted by Gasteiger charge is -2.29. The first-order valence-electron chi connectivity index (χ1n) is 12.2. The number of alkyl halides is 3. The molecule has 11 heteroatoms. The number of benzene rings is 1. The van der Waals surface area contributed by atoms with Crippen molar-refractivity contribution >= 4 is 23.5 Å². The molecule has 2 amide bonds. The van der Waals surface area contributed by atoms with Gasteiger partial charge in [0.1, 0.15) is 17.6 Å². The van der Waals surface area contributed by atoms with Crippen LogP contribution in [0.1, 0.15) is 46.4 Å². The van der Waals surface area contributed by atoms with Crippen molar-refractivity contribution < 1.29 is 32.2 Å². The number of ether oxygens (including phenoxy) is 2. The predicted octanol–water partition coefficient (Wildman–Crippen LogP) is 5.57. The lowest BCUT2D eigenvalue weighted by molar-refractivity contribution is -0.141. The Kier molecular flexibility index (Phi) is 6.78. The van der Waals surface area contributed by atoms with E-state index in [4.69, 9.17) is 9.47 Å². The first-order chi connectivity index (χ1) is 18.2. The number of nitrogens with one attached hydrogen (secondary N) is 1. The standard InChI is InChI=1S/C27H25F3N4O4/c1-3-34-24-21(19-7-9-37-14-22(19)38-26(34)36)10-17(13-32-24)20-12-18(5-4-15(20)2)33-25(35)16-6-8-31-23(11-16)27(28,29)30/h4-6,8,10-13,19,22H,3,7,9,14H2,1-2H3,(H,33,35). The molecule has 2 unspecified atom stereocenters. The van der Waals surface area contributed by atoms with Gasteiger partial charge in [-0.1, -0.05) is 6.07 Å². The lowest BCUT2D eigenvalue weighted by atomic mass is 9.87. The Balaban J connectivity index is 1.48. The van der Waals surface area contributed by atoms with Crippen molar-refractivity contribution in [1.29, 1.82) is 0 Å². The number of nitrogens with zero attached hydrogens (tertiary/aromatic N) is 3. The Morgan fingerprint density at radius 3 is 2.76 bits per heavy atom. The lowest BCUT2D eigenvalue weighted by Crippen LogP contribution is -2.36. The number of pyridine rings is 2. The van der Waals surface area contributed by atoms with E-state index in [1.54, 1.807) is 18.3 Å². The number of aromatic nitrogens is 2. The monoisotopic (exact) mass is 526 g/mol. The van der Waals surface area contributed by atoms with Crippen LogP contribution in [-0.2, 0) is 15.7 Å². The molecule has 1 aromatic carbocycles. The van der Waals surface area contributed by atoms with E-state index in [-0.39, 0.29) is 11.5 Å². The van der Waals surface area contributed by atoms with Crippen molar-refractivity contribution in [3.8, 4) is 11.1 Å². The third kappa shape index (κ3) is 4.93. The van der Waals surface area contributed by atoms with Crippen LogP contribution < -0.4 is 10.2 Å². The molecule has 5 rings (SSSR count). The van der Waals surface area contributed by atoms with Gasteiger partial charge in [0.15, 0.2) is 0 Å². The highest BCUT2D eigenvalue weighted by Crippen LogP contribution is 2.40. The van der Waals surface area contributed by atoms with Crippen molar-refractivity contribution in [2.75, 3.05) is 30.0 Å². The molecule has 2 aliphatic rings. The highest BCUT2D eigenvalue weighted by atomic mass is 19.4. The van der Waals surface area contributed by atoms with Gasteiger partial charge in [-0.05, 0) is 61.7 Å². The molecule has 0 bridgehead atoms. The Bertz CT molecular complexity index is 1390. The number of fused-ring (bicyclic) bond motifs is 3. The second-order valence-electron chi connectivity index (χ2n) is 9.18. The molecule has 2 aromatic heterocycles. The van der Waals surface area contributed by atoms with E-state index in [1.807, 2.05) is 26.0 Å². The molecule has 1 saturated heterocycles. The Morgan fingerprint density at radius 1 is 1.18 bits per heavy atom. The summed E-state index contributed by atoms with van der Waals surface area (Å²) < 4.78 is 50.3. The van der Waals surface area contributed by atoms with E-state index < -0.39 is 30.0 Å². The Hall–Kier alpha value is -3.99. The molecular formula is C27H25F3N4O4. The fraction of sp³-hybridized carbons (Fsp3) is 0.333. The third-order valence-electron chi connectivity index (χ3n) is 6.76. The quantitative estimate of drug-likeness (QED) is 0.478. The van der Waals surface area contributed by atoms with Gasteiger partial charge in [0.05, 0.1) is 6.61 Å². The Labute approximate surface area is 216 Å². The van der Waals surface area contributed by atoms with Crippen LogP contribution in [0.2, 0.25) is 0 Å². The second kappa shape index (κ2) is 10.1. The van der Waals surface area contributed by atoms with Crippen LogP contribution in [0.4, 0.5) is 29.5 Å². The van der Waals surface area contributed by atoms with Gasteiger partial charge in [-0.25, -0.2) is 9.78 Å². The van der Waals surface area contributed by atoms with E-state index >= 15 is 0 Å². The highest BCUT2D eigenvalue weighted by Gasteiger charge is 2.39. The average molecular weight is 527 g/mol. The van der Waals surface area contributed by atoms with E-state index in [0.29, 0.717) is 43.8 Å². The van der Waals surface area contributed by atoms with Crippen molar-refractivity contribution in [2.45, 2.75) is 38.5 Å². The van der Waals surface area contributed by atoms with E-state index in [0.717, 1.165) is 28.5 Å². The maximum atomic E-state index is 13.0. The summed E-state index contributed by atoms with van der Waals surface area (Å²) >= 11 is 0. The predicted molar refractivity (Wildman–Crippen MR) is 133 cm³/mol. The van der Waals surface area contributed by atoms with Crippen molar-refractivity contribution in [3.05, 3.63) is 71.2 Å². The van der Waals surface area contributed by atoms with E-state index in [9.17, 15) is 22.8 Å². The molecule has 1 N–H and O–H groups in total. The second-order valence-corrected chi connectivity index (χ2v) is 9.18. The van der Waals surface area contributed by atoms with Gasteiger partial charge >= 0.3 is 12.3 Å². The molecule has 3 aromatic rings. The molecule has 4 heterocycles. The first kappa shape index (κ1) is 25.7. The van der Waals surface area contributed by atoms with Crippen LogP contribution in [-0.4, -0.2) is 47.8 Å². The van der Waals surface area contributed by atoms with Crippen LogP contribution in [0, 0.1) is 6.92 Å². The van der Waals surface area contributed by atoms with Crippen LogP contribution >= 0.6 is 0 Å². The number of hydrogen-bond acceptors (Lipinski definition) is 6. The minimum Gasteiger partial charge on any atom is -0.443 e. The average Bonchev–Trinajstić information content (AvgIpc) is 3.02. The summed E-state index contributed by atoms with van der Waals surface area (Å²) in [6.07, 6.45) is -2.24. The summed E-state index contributed by atoms with van der Waals surface area (Å²) in [5, 5.41) is 2.67. The van der Waals surface area contributed by atoms with Gasteiger partial charge in [0.2, 0.25) is 0 Å². The Morgan fingerprint density at radius 2 is 2.00 bits per heavy atom. The molecule has 8 nitrogen and oxygen atoms in total. The largest absolute Gasteiger partial charge is 0.443 e. The molecule has 0 spiro atoms. The normalized spacial score (nSPS) is 19.2. The fourth-order valence-electron chi connectivity index (χ4n) is 4.80. The van der Waals surface area contributed by atoms with Crippen molar-refractivity contribution in [3.63, 3.8) is 0 Å². The van der Waals surface area contributed by atoms with Crippen molar-refractivity contribution in [1.82, 2.24) is 9.97 Å². The molecule has 0 saturated carbocycles. The van der Waals surface area contributed by atoms with Gasteiger partial charge in [0, 0.05) is 53.8 Å². The number of aryl methyl sites for hydroxylation is 1. The SMILES string of the molecule is CCN1C(=O)OC2COCCC2c2cc(-c3cc(NC(=O)c4ccnc(C(F)(F)F)c4)ccc3C)cnc21. The van der Waals surface area contributed by atoms with Crippen LogP contribution in [0.5, 0.6) is 0 Å². The molecule has 198 valence electrons. The maximum Gasteiger partial charge on any atom is 0.433 e. The smallest absolute Gasteiger partial charge is 0.433 e. The summed E-state index contributed by atoms with van der Waals surface area (Å²) in [7, 11) is 0. The van der Waals surface area contributed by atoms with Gasteiger partial charge in [-0.15, -0.1) is 0 Å². The summed E-state index contributed by atoms with van der Waals surface area (Å²) in [5.74, 6) is -0.215. The van der Waals surface area contributed by atoms with Gasteiger partial charge in [-0.3, -0.25) is 14.7 Å².